The third-order valence-corrected chi connectivity index (χ3v) is 7.47. The van der Waals surface area contributed by atoms with Crippen molar-refractivity contribution in [3.05, 3.63) is 64.9 Å². The Bertz CT molecular complexity index is 959. The smallest absolute Gasteiger partial charge is 0.235 e. The van der Waals surface area contributed by atoms with E-state index in [1.807, 2.05) is 30.3 Å². The van der Waals surface area contributed by atoms with E-state index in [0.717, 1.165) is 11.6 Å². The van der Waals surface area contributed by atoms with Gasteiger partial charge in [-0.15, -0.1) is 0 Å². The zero-order valence-corrected chi connectivity index (χ0v) is 17.1. The number of hydrogen-bond acceptors (Lipinski definition) is 3. The summed E-state index contributed by atoms with van der Waals surface area (Å²) in [4.78, 5) is 13.3. The van der Waals surface area contributed by atoms with Gasteiger partial charge >= 0.3 is 0 Å². The molecule has 28 heavy (non-hydrogen) atoms. The van der Waals surface area contributed by atoms with E-state index in [1.165, 1.54) is 16.4 Å². The average Bonchev–Trinajstić information content (AvgIpc) is 2.70. The van der Waals surface area contributed by atoms with Gasteiger partial charge < -0.3 is 5.32 Å². The first-order valence-corrected chi connectivity index (χ1v) is 11.1. The molecule has 0 atom stereocenters. The molecule has 1 N–H and O–H groups in total. The molecule has 0 aliphatic carbocycles. The normalized spacial score (nSPS) is 17.2. The lowest BCUT2D eigenvalue weighted by Gasteiger charge is -2.40. The van der Waals surface area contributed by atoms with Crippen molar-refractivity contribution >= 4 is 33.2 Å². The number of nitrogens with zero attached hydrogens (tertiary/aromatic N) is 1. The van der Waals surface area contributed by atoms with Crippen LogP contribution in [-0.2, 0) is 20.2 Å². The maximum atomic E-state index is 13.3. The van der Waals surface area contributed by atoms with Crippen molar-refractivity contribution in [2.24, 2.45) is 0 Å². The Kier molecular flexibility index (Phi) is 6.07. The zero-order chi connectivity index (χ0) is 20.4. The van der Waals surface area contributed by atoms with E-state index >= 15 is 0 Å². The monoisotopic (exact) mass is 424 g/mol. The third-order valence-electron chi connectivity index (χ3n) is 5.27. The number of sulfonamides is 1. The molecule has 0 radical (unpaired) electrons. The Morgan fingerprint density at radius 2 is 1.82 bits per heavy atom. The topological polar surface area (TPSA) is 66.5 Å². The molecule has 0 saturated carbocycles. The van der Waals surface area contributed by atoms with Crippen molar-refractivity contribution in [3.63, 3.8) is 0 Å². The fraction of sp³-hybridized carbons (Fsp3) is 0.350. The second-order valence-corrected chi connectivity index (χ2v) is 9.49. The lowest BCUT2D eigenvalue weighted by molar-refractivity contribution is -0.123. The lowest BCUT2D eigenvalue weighted by atomic mass is 9.72. The Balaban J connectivity index is 1.91. The molecule has 0 bridgehead atoms. The van der Waals surface area contributed by atoms with E-state index < -0.39 is 21.3 Å². The van der Waals surface area contributed by atoms with Crippen molar-refractivity contribution in [2.75, 3.05) is 24.2 Å². The van der Waals surface area contributed by atoms with Crippen LogP contribution in [0.4, 0.5) is 10.1 Å². The minimum atomic E-state index is -3.31. The minimum absolute atomic E-state index is 0.0305. The van der Waals surface area contributed by atoms with Gasteiger partial charge in [-0.3, -0.25) is 4.79 Å². The van der Waals surface area contributed by atoms with Crippen LogP contribution in [0.5, 0.6) is 0 Å². The number of nitrogens with one attached hydrogen (secondary N) is 1. The lowest BCUT2D eigenvalue weighted by Crippen LogP contribution is -2.51. The predicted molar refractivity (Wildman–Crippen MR) is 108 cm³/mol. The molecule has 0 spiro atoms. The number of halogens is 2. The average molecular weight is 425 g/mol. The highest BCUT2D eigenvalue weighted by Gasteiger charge is 2.44. The molecule has 1 heterocycles. The first-order valence-electron chi connectivity index (χ1n) is 9.08. The van der Waals surface area contributed by atoms with E-state index in [2.05, 4.69) is 5.32 Å². The molecule has 8 heteroatoms. The van der Waals surface area contributed by atoms with Gasteiger partial charge in [-0.1, -0.05) is 41.9 Å². The van der Waals surface area contributed by atoms with Crippen LogP contribution >= 0.6 is 11.6 Å². The van der Waals surface area contributed by atoms with E-state index in [-0.39, 0.29) is 29.8 Å². The summed E-state index contributed by atoms with van der Waals surface area (Å²) < 4.78 is 39.2. The summed E-state index contributed by atoms with van der Waals surface area (Å²) >= 11 is 6.06. The number of carbonyl (C=O) groups excluding carboxylic acids is 1. The van der Waals surface area contributed by atoms with Gasteiger partial charge in [0.2, 0.25) is 15.9 Å². The molecule has 0 unspecified atom stereocenters. The van der Waals surface area contributed by atoms with Crippen LogP contribution in [0, 0.1) is 5.82 Å². The quantitative estimate of drug-likeness (QED) is 0.793. The van der Waals surface area contributed by atoms with Crippen LogP contribution < -0.4 is 5.32 Å². The molecule has 3 rings (SSSR count). The number of hydrogen-bond donors (Lipinski definition) is 1. The number of benzene rings is 2. The SMILES string of the molecule is CCS(=O)(=O)N1CCC(C(=O)Nc2ccc(F)cc2Cl)(c2ccccc2)CC1. The maximum absolute atomic E-state index is 13.3. The Morgan fingerprint density at radius 1 is 1.18 bits per heavy atom. The molecule has 150 valence electrons. The van der Waals surface area contributed by atoms with Crippen molar-refractivity contribution in [2.45, 2.75) is 25.2 Å². The minimum Gasteiger partial charge on any atom is -0.324 e. The second kappa shape index (κ2) is 8.19. The maximum Gasteiger partial charge on any atom is 0.235 e. The molecule has 1 amide bonds. The number of amides is 1. The summed E-state index contributed by atoms with van der Waals surface area (Å²) in [5.74, 6) is -0.734. The standard InChI is InChI=1S/C20H22ClFN2O3S/c1-2-28(26,27)24-12-10-20(11-13-24,15-6-4-3-5-7-15)19(25)23-18-9-8-16(22)14-17(18)21/h3-9,14H,2,10-13H2,1H3,(H,23,25). The summed E-state index contributed by atoms with van der Waals surface area (Å²) in [5.41, 5.74) is 0.255. The molecule has 1 fully saturated rings. The largest absolute Gasteiger partial charge is 0.324 e. The fourth-order valence-electron chi connectivity index (χ4n) is 3.57. The van der Waals surface area contributed by atoms with E-state index in [4.69, 9.17) is 11.6 Å². The van der Waals surface area contributed by atoms with Crippen LogP contribution in [0.15, 0.2) is 48.5 Å². The van der Waals surface area contributed by atoms with Crippen molar-refractivity contribution in [1.82, 2.24) is 4.31 Å². The molecular weight excluding hydrogens is 403 g/mol. The summed E-state index contributed by atoms with van der Waals surface area (Å²) in [7, 11) is -3.31. The van der Waals surface area contributed by atoms with Gasteiger partial charge in [0.15, 0.2) is 0 Å². The summed E-state index contributed by atoms with van der Waals surface area (Å²) in [6, 6.07) is 13.1. The van der Waals surface area contributed by atoms with Crippen molar-refractivity contribution < 1.29 is 17.6 Å². The highest BCUT2D eigenvalue weighted by Crippen LogP contribution is 2.38. The molecule has 2 aromatic rings. The molecule has 2 aromatic carbocycles. The Hall–Kier alpha value is -1.96. The zero-order valence-electron chi connectivity index (χ0n) is 15.5. The number of carbonyl (C=O) groups is 1. The van der Waals surface area contributed by atoms with Gasteiger partial charge in [0, 0.05) is 13.1 Å². The van der Waals surface area contributed by atoms with Crippen molar-refractivity contribution in [3.8, 4) is 0 Å². The fourth-order valence-corrected chi connectivity index (χ4v) is 4.88. The number of rotatable bonds is 5. The van der Waals surface area contributed by atoms with Gasteiger partial charge in [-0.25, -0.2) is 17.1 Å². The van der Waals surface area contributed by atoms with Crippen LogP contribution in [0.3, 0.4) is 0 Å². The van der Waals surface area contributed by atoms with Crippen LogP contribution in [0.2, 0.25) is 5.02 Å². The highest BCUT2D eigenvalue weighted by atomic mass is 35.5. The van der Waals surface area contributed by atoms with Crippen LogP contribution in [0.1, 0.15) is 25.3 Å². The van der Waals surface area contributed by atoms with E-state index in [1.54, 1.807) is 6.92 Å². The Labute approximate surface area is 169 Å². The second-order valence-electron chi connectivity index (χ2n) is 6.83. The van der Waals surface area contributed by atoms with Crippen LogP contribution in [-0.4, -0.2) is 37.5 Å². The highest BCUT2D eigenvalue weighted by molar-refractivity contribution is 7.89. The molecule has 1 aliphatic rings. The van der Waals surface area contributed by atoms with Gasteiger partial charge in [0.05, 0.1) is 21.9 Å². The number of piperidine rings is 1. The third kappa shape index (κ3) is 4.06. The first-order chi connectivity index (χ1) is 13.3. The first kappa shape index (κ1) is 20.8. The summed E-state index contributed by atoms with van der Waals surface area (Å²) in [5, 5.41) is 2.92. The van der Waals surface area contributed by atoms with Crippen molar-refractivity contribution in [1.29, 1.82) is 0 Å². The van der Waals surface area contributed by atoms with Gasteiger partial charge in [0.25, 0.3) is 0 Å². The van der Waals surface area contributed by atoms with Gasteiger partial charge in [0.1, 0.15) is 5.82 Å². The molecular formula is C20H22ClFN2O3S. The van der Waals surface area contributed by atoms with E-state index in [0.29, 0.717) is 18.5 Å². The van der Waals surface area contributed by atoms with Crippen LogP contribution in [0.25, 0.3) is 0 Å². The predicted octanol–water partition coefficient (Wildman–Crippen LogP) is 3.80. The molecule has 5 nitrogen and oxygen atoms in total. The van der Waals surface area contributed by atoms with Gasteiger partial charge in [-0.05, 0) is 43.5 Å². The van der Waals surface area contributed by atoms with E-state index in [9.17, 15) is 17.6 Å². The molecule has 1 saturated heterocycles. The number of anilines is 1. The Morgan fingerprint density at radius 3 is 2.39 bits per heavy atom. The summed E-state index contributed by atoms with van der Waals surface area (Å²) in [6.07, 6.45) is 0.696. The van der Waals surface area contributed by atoms with Gasteiger partial charge in [-0.2, -0.15) is 0 Å². The molecule has 0 aromatic heterocycles. The molecule has 1 aliphatic heterocycles. The summed E-state index contributed by atoms with van der Waals surface area (Å²) in [6.45, 7) is 2.13.